The van der Waals surface area contributed by atoms with Gasteiger partial charge >= 0.3 is 0 Å². The van der Waals surface area contributed by atoms with Crippen LogP contribution in [0.3, 0.4) is 0 Å². The Hall–Kier alpha value is -1.24. The summed E-state index contributed by atoms with van der Waals surface area (Å²) in [4.78, 5) is 3.24. The van der Waals surface area contributed by atoms with Gasteiger partial charge in [-0.05, 0) is 36.6 Å². The summed E-state index contributed by atoms with van der Waals surface area (Å²) >= 11 is 0. The maximum Gasteiger partial charge on any atom is 0.0456 e. The lowest BCUT2D eigenvalue weighted by atomic mass is 10.1. The van der Waals surface area contributed by atoms with Crippen molar-refractivity contribution in [1.82, 2.24) is 4.98 Å². The number of rotatable bonds is 1. The quantitative estimate of drug-likeness (QED) is 0.658. The van der Waals surface area contributed by atoms with Gasteiger partial charge in [0.05, 0.1) is 0 Å². The number of nitrogens with one attached hydrogen (secondary N) is 1. The Bertz CT molecular complexity index is 398. The molecule has 0 unspecified atom stereocenters. The molecular weight excluding hydrogens is 146 g/mol. The Balaban J connectivity index is 2.71. The molecule has 1 N–H and O–H groups in total. The standard InChI is InChI=1S/C11H13N/c1-3-9-4-5-11-10(6-9)8(2)7-12-11/h4-7,12H,3H2,1-2H3. The summed E-state index contributed by atoms with van der Waals surface area (Å²) in [6, 6.07) is 6.60. The number of hydrogen-bond donors (Lipinski definition) is 1. The number of aromatic amines is 1. The molecule has 0 spiro atoms. The molecule has 1 aromatic carbocycles. The van der Waals surface area contributed by atoms with E-state index in [0.29, 0.717) is 0 Å². The van der Waals surface area contributed by atoms with Gasteiger partial charge in [-0.1, -0.05) is 13.0 Å². The summed E-state index contributed by atoms with van der Waals surface area (Å²) in [5.41, 5.74) is 3.98. The van der Waals surface area contributed by atoms with E-state index in [-0.39, 0.29) is 0 Å². The summed E-state index contributed by atoms with van der Waals surface area (Å²) in [5, 5.41) is 1.36. The molecular formula is C11H13N. The lowest BCUT2D eigenvalue weighted by Gasteiger charge is -1.96. The molecule has 2 aromatic rings. The van der Waals surface area contributed by atoms with Crippen LogP contribution in [0.5, 0.6) is 0 Å². The largest absolute Gasteiger partial charge is 0.361 e. The fourth-order valence-electron chi connectivity index (χ4n) is 1.53. The highest BCUT2D eigenvalue weighted by molar-refractivity contribution is 5.83. The van der Waals surface area contributed by atoms with Gasteiger partial charge in [0.15, 0.2) is 0 Å². The van der Waals surface area contributed by atoms with E-state index in [0.717, 1.165) is 6.42 Å². The average Bonchev–Trinajstić information content (AvgIpc) is 2.47. The second-order valence-corrected chi connectivity index (χ2v) is 3.21. The Morgan fingerprint density at radius 3 is 2.92 bits per heavy atom. The first kappa shape index (κ1) is 7.41. The van der Waals surface area contributed by atoms with Crippen molar-refractivity contribution in [2.75, 3.05) is 0 Å². The van der Waals surface area contributed by atoms with Gasteiger partial charge in [0.1, 0.15) is 0 Å². The van der Waals surface area contributed by atoms with E-state index in [1.165, 1.54) is 22.0 Å². The monoisotopic (exact) mass is 159 g/mol. The summed E-state index contributed by atoms with van der Waals surface area (Å²) in [6.07, 6.45) is 3.17. The zero-order chi connectivity index (χ0) is 8.55. The average molecular weight is 159 g/mol. The van der Waals surface area contributed by atoms with Crippen LogP contribution in [0.1, 0.15) is 18.1 Å². The van der Waals surface area contributed by atoms with Gasteiger partial charge < -0.3 is 4.98 Å². The van der Waals surface area contributed by atoms with Gasteiger partial charge in [-0.15, -0.1) is 0 Å². The molecule has 0 fully saturated rings. The van der Waals surface area contributed by atoms with E-state index in [2.05, 4.69) is 43.2 Å². The summed E-state index contributed by atoms with van der Waals surface area (Å²) in [6.45, 7) is 4.32. The molecule has 0 saturated heterocycles. The highest BCUT2D eigenvalue weighted by atomic mass is 14.7. The first-order valence-electron chi connectivity index (χ1n) is 4.38. The first-order valence-corrected chi connectivity index (χ1v) is 4.38. The Morgan fingerprint density at radius 1 is 1.33 bits per heavy atom. The van der Waals surface area contributed by atoms with Crippen molar-refractivity contribution in [2.24, 2.45) is 0 Å². The fraction of sp³-hybridized carbons (Fsp3) is 0.273. The van der Waals surface area contributed by atoms with Crippen molar-refractivity contribution < 1.29 is 0 Å². The SMILES string of the molecule is CCc1ccc2[nH]cc(C)c2c1. The molecule has 0 radical (unpaired) electrons. The molecule has 0 bridgehead atoms. The van der Waals surface area contributed by atoms with Gasteiger partial charge in [0.25, 0.3) is 0 Å². The van der Waals surface area contributed by atoms with Gasteiger partial charge in [0, 0.05) is 17.1 Å². The van der Waals surface area contributed by atoms with Crippen LogP contribution in [0.2, 0.25) is 0 Å². The molecule has 0 aliphatic rings. The smallest absolute Gasteiger partial charge is 0.0456 e. The van der Waals surface area contributed by atoms with E-state index < -0.39 is 0 Å². The zero-order valence-electron chi connectivity index (χ0n) is 7.52. The third kappa shape index (κ3) is 1.02. The van der Waals surface area contributed by atoms with Crippen LogP contribution in [0.15, 0.2) is 24.4 Å². The van der Waals surface area contributed by atoms with Crippen molar-refractivity contribution in [1.29, 1.82) is 0 Å². The maximum atomic E-state index is 3.24. The van der Waals surface area contributed by atoms with E-state index in [4.69, 9.17) is 0 Å². The topological polar surface area (TPSA) is 15.8 Å². The van der Waals surface area contributed by atoms with Crippen LogP contribution < -0.4 is 0 Å². The van der Waals surface area contributed by atoms with E-state index in [9.17, 15) is 0 Å². The number of aryl methyl sites for hydroxylation is 2. The van der Waals surface area contributed by atoms with E-state index in [1.54, 1.807) is 0 Å². The normalized spacial score (nSPS) is 10.8. The minimum absolute atomic E-state index is 1.11. The fourth-order valence-corrected chi connectivity index (χ4v) is 1.53. The molecule has 12 heavy (non-hydrogen) atoms. The third-order valence-electron chi connectivity index (χ3n) is 2.36. The minimum atomic E-state index is 1.11. The second kappa shape index (κ2) is 2.67. The van der Waals surface area contributed by atoms with Crippen LogP contribution in [-0.4, -0.2) is 4.98 Å². The number of aromatic nitrogens is 1. The molecule has 0 amide bonds. The Kier molecular flexibility index (Phi) is 1.65. The number of fused-ring (bicyclic) bond motifs is 1. The predicted octanol–water partition coefficient (Wildman–Crippen LogP) is 3.04. The van der Waals surface area contributed by atoms with Crippen molar-refractivity contribution in [2.45, 2.75) is 20.3 Å². The predicted molar refractivity (Wildman–Crippen MR) is 52.4 cm³/mol. The van der Waals surface area contributed by atoms with Crippen molar-refractivity contribution in [3.63, 3.8) is 0 Å². The third-order valence-corrected chi connectivity index (χ3v) is 2.36. The molecule has 1 heterocycles. The summed E-state index contributed by atoms with van der Waals surface area (Å²) < 4.78 is 0. The molecule has 0 aliphatic heterocycles. The molecule has 0 saturated carbocycles. The van der Waals surface area contributed by atoms with Crippen molar-refractivity contribution in [3.05, 3.63) is 35.5 Å². The minimum Gasteiger partial charge on any atom is -0.361 e. The van der Waals surface area contributed by atoms with Gasteiger partial charge in [-0.3, -0.25) is 0 Å². The highest BCUT2D eigenvalue weighted by Crippen LogP contribution is 2.18. The number of benzene rings is 1. The van der Waals surface area contributed by atoms with Crippen LogP contribution in [0.25, 0.3) is 10.9 Å². The Morgan fingerprint density at radius 2 is 2.17 bits per heavy atom. The first-order chi connectivity index (χ1) is 5.81. The summed E-state index contributed by atoms with van der Waals surface area (Å²) in [7, 11) is 0. The van der Waals surface area contributed by atoms with Gasteiger partial charge in [-0.25, -0.2) is 0 Å². The van der Waals surface area contributed by atoms with Crippen molar-refractivity contribution >= 4 is 10.9 Å². The molecule has 1 nitrogen and oxygen atoms in total. The van der Waals surface area contributed by atoms with Crippen LogP contribution in [0, 0.1) is 6.92 Å². The molecule has 0 atom stereocenters. The molecule has 62 valence electrons. The lowest BCUT2D eigenvalue weighted by Crippen LogP contribution is -1.78. The number of hydrogen-bond acceptors (Lipinski definition) is 0. The lowest BCUT2D eigenvalue weighted by molar-refractivity contribution is 1.15. The summed E-state index contributed by atoms with van der Waals surface area (Å²) in [5.74, 6) is 0. The van der Waals surface area contributed by atoms with E-state index >= 15 is 0 Å². The molecule has 1 heteroatoms. The van der Waals surface area contributed by atoms with Crippen LogP contribution >= 0.6 is 0 Å². The Labute approximate surface area is 72.4 Å². The number of H-pyrrole nitrogens is 1. The van der Waals surface area contributed by atoms with Crippen LogP contribution in [0.4, 0.5) is 0 Å². The van der Waals surface area contributed by atoms with Gasteiger partial charge in [-0.2, -0.15) is 0 Å². The highest BCUT2D eigenvalue weighted by Gasteiger charge is 1.98. The zero-order valence-corrected chi connectivity index (χ0v) is 7.52. The van der Waals surface area contributed by atoms with Gasteiger partial charge in [0.2, 0.25) is 0 Å². The molecule has 1 aromatic heterocycles. The second-order valence-electron chi connectivity index (χ2n) is 3.21. The van der Waals surface area contributed by atoms with Crippen molar-refractivity contribution in [3.8, 4) is 0 Å². The molecule has 2 rings (SSSR count). The van der Waals surface area contributed by atoms with E-state index in [1.807, 2.05) is 0 Å². The molecule has 0 aliphatic carbocycles. The maximum absolute atomic E-state index is 3.24. The van der Waals surface area contributed by atoms with Crippen LogP contribution in [-0.2, 0) is 6.42 Å².